The van der Waals surface area contributed by atoms with Crippen LogP contribution in [-0.4, -0.2) is 21.4 Å². The minimum atomic E-state index is -0.722. The zero-order valence-electron chi connectivity index (χ0n) is 13.5. The van der Waals surface area contributed by atoms with Crippen molar-refractivity contribution in [3.8, 4) is 6.07 Å². The van der Waals surface area contributed by atoms with Crippen molar-refractivity contribution in [2.24, 2.45) is 0 Å². The van der Waals surface area contributed by atoms with E-state index in [0.717, 1.165) is 30.8 Å². The highest BCUT2D eigenvalue weighted by Gasteiger charge is 2.29. The van der Waals surface area contributed by atoms with Crippen LogP contribution in [-0.2, 0) is 19.5 Å². The summed E-state index contributed by atoms with van der Waals surface area (Å²) in [5.74, 6) is -0.386. The summed E-state index contributed by atoms with van der Waals surface area (Å²) in [6, 6.07) is 3.83. The minimum absolute atomic E-state index is 0.0370. The van der Waals surface area contributed by atoms with Crippen molar-refractivity contribution in [2.75, 3.05) is 6.54 Å². The molecule has 0 radical (unpaired) electrons. The molecule has 1 fully saturated rings. The van der Waals surface area contributed by atoms with Gasteiger partial charge in [-0.3, -0.25) is 9.69 Å². The molecule has 2 heterocycles. The molecule has 0 unspecified atom stereocenters. The van der Waals surface area contributed by atoms with Gasteiger partial charge in [0.1, 0.15) is 17.5 Å². The first kappa shape index (κ1) is 15.9. The van der Waals surface area contributed by atoms with Gasteiger partial charge in [-0.25, -0.2) is 13.8 Å². The molecule has 2 aromatic rings. The second kappa shape index (κ2) is 6.05. The molecule has 1 aromatic heterocycles. The molecule has 2 aliphatic rings. The Morgan fingerprint density at radius 3 is 2.68 bits per heavy atom. The highest BCUT2D eigenvalue weighted by atomic mass is 19.1. The molecule has 0 amide bonds. The number of fused-ring (bicyclic) bond motifs is 1. The van der Waals surface area contributed by atoms with Crippen LogP contribution in [0.2, 0.25) is 0 Å². The lowest BCUT2D eigenvalue weighted by Crippen LogP contribution is -2.35. The van der Waals surface area contributed by atoms with Crippen LogP contribution in [0.1, 0.15) is 47.0 Å². The van der Waals surface area contributed by atoms with E-state index in [1.165, 1.54) is 0 Å². The highest BCUT2D eigenvalue weighted by molar-refractivity contribution is 5.34. The maximum atomic E-state index is 14.1. The lowest BCUT2D eigenvalue weighted by atomic mass is 10.0. The van der Waals surface area contributed by atoms with Gasteiger partial charge in [0.05, 0.1) is 17.3 Å². The van der Waals surface area contributed by atoms with Gasteiger partial charge in [0.2, 0.25) is 0 Å². The molecule has 1 aliphatic carbocycles. The second-order valence-corrected chi connectivity index (χ2v) is 6.64. The molecule has 0 saturated heterocycles. The van der Waals surface area contributed by atoms with Crippen molar-refractivity contribution in [2.45, 2.75) is 38.3 Å². The highest BCUT2D eigenvalue weighted by Crippen LogP contribution is 2.37. The fraction of sp³-hybridized carbons (Fsp3) is 0.389. The molecule has 1 N–H and O–H groups in total. The Hall–Kier alpha value is -2.59. The number of aromatic amines is 1. The fourth-order valence-electron chi connectivity index (χ4n) is 3.24. The zero-order valence-corrected chi connectivity index (χ0v) is 13.5. The number of nitriles is 1. The topological polar surface area (TPSA) is 72.8 Å². The number of aromatic nitrogens is 2. The first-order valence-electron chi connectivity index (χ1n) is 8.27. The van der Waals surface area contributed by atoms with E-state index in [0.29, 0.717) is 36.7 Å². The van der Waals surface area contributed by atoms with Gasteiger partial charge < -0.3 is 4.98 Å². The van der Waals surface area contributed by atoms with Crippen LogP contribution in [0.3, 0.4) is 0 Å². The van der Waals surface area contributed by atoms with E-state index in [9.17, 15) is 13.6 Å². The van der Waals surface area contributed by atoms with Crippen LogP contribution in [0.5, 0.6) is 0 Å². The smallest absolute Gasteiger partial charge is 0.254 e. The Balaban J connectivity index is 1.59. The molecular formula is C18H16F2N4O. The summed E-state index contributed by atoms with van der Waals surface area (Å²) in [6.45, 7) is 0.993. The monoisotopic (exact) mass is 342 g/mol. The predicted octanol–water partition coefficient (Wildman–Crippen LogP) is 2.36. The van der Waals surface area contributed by atoms with Gasteiger partial charge in [-0.05, 0) is 31.4 Å². The Morgan fingerprint density at radius 2 is 2.04 bits per heavy atom. The standard InChI is InChI=1S/C18H16F2N4O/c19-14-5-10(7-21)6-15(20)13(14)8-24-4-3-12-16(9-24)22-17(11-1-2-11)23-18(12)25/h5-6,11H,1-4,8-9H2,(H,22,23,25). The van der Waals surface area contributed by atoms with Crippen molar-refractivity contribution in [3.63, 3.8) is 0 Å². The zero-order chi connectivity index (χ0) is 17.6. The largest absolute Gasteiger partial charge is 0.310 e. The third kappa shape index (κ3) is 3.05. The molecule has 1 aromatic carbocycles. The van der Waals surface area contributed by atoms with Gasteiger partial charge in [-0.15, -0.1) is 0 Å². The van der Waals surface area contributed by atoms with Crippen LogP contribution in [0, 0.1) is 23.0 Å². The van der Waals surface area contributed by atoms with Crippen molar-refractivity contribution < 1.29 is 8.78 Å². The number of hydrogen-bond acceptors (Lipinski definition) is 4. The van der Waals surface area contributed by atoms with Gasteiger partial charge in [-0.2, -0.15) is 5.26 Å². The summed E-state index contributed by atoms with van der Waals surface area (Å²) >= 11 is 0. The summed E-state index contributed by atoms with van der Waals surface area (Å²) < 4.78 is 28.2. The average molecular weight is 342 g/mol. The van der Waals surface area contributed by atoms with Crippen molar-refractivity contribution in [1.29, 1.82) is 5.26 Å². The van der Waals surface area contributed by atoms with Gasteiger partial charge in [0.25, 0.3) is 5.56 Å². The van der Waals surface area contributed by atoms with E-state index in [1.807, 2.05) is 4.90 Å². The fourth-order valence-corrected chi connectivity index (χ4v) is 3.24. The van der Waals surface area contributed by atoms with Crippen LogP contribution >= 0.6 is 0 Å². The van der Waals surface area contributed by atoms with E-state index in [2.05, 4.69) is 9.97 Å². The van der Waals surface area contributed by atoms with E-state index < -0.39 is 11.6 Å². The summed E-state index contributed by atoms with van der Waals surface area (Å²) in [4.78, 5) is 21.5. The number of nitrogens with zero attached hydrogens (tertiary/aromatic N) is 3. The third-order valence-corrected chi connectivity index (χ3v) is 4.79. The normalized spacial score (nSPS) is 17.2. The maximum Gasteiger partial charge on any atom is 0.254 e. The third-order valence-electron chi connectivity index (χ3n) is 4.79. The first-order chi connectivity index (χ1) is 12.0. The Labute approximate surface area is 142 Å². The van der Waals surface area contributed by atoms with Crippen LogP contribution < -0.4 is 5.56 Å². The summed E-state index contributed by atoms with van der Waals surface area (Å²) in [5, 5.41) is 8.78. The molecule has 0 bridgehead atoms. The Morgan fingerprint density at radius 1 is 1.32 bits per heavy atom. The molecule has 4 rings (SSSR count). The number of H-pyrrole nitrogens is 1. The number of benzene rings is 1. The van der Waals surface area contributed by atoms with Crippen molar-refractivity contribution >= 4 is 0 Å². The molecule has 128 valence electrons. The van der Waals surface area contributed by atoms with Gasteiger partial charge in [0.15, 0.2) is 0 Å². The van der Waals surface area contributed by atoms with Crippen molar-refractivity contribution in [3.05, 3.63) is 62.3 Å². The van der Waals surface area contributed by atoms with Crippen LogP contribution in [0.25, 0.3) is 0 Å². The molecule has 1 saturated carbocycles. The van der Waals surface area contributed by atoms with Crippen molar-refractivity contribution in [1.82, 2.24) is 14.9 Å². The first-order valence-corrected chi connectivity index (χ1v) is 8.27. The SMILES string of the molecule is N#Cc1cc(F)c(CN2CCc3c(nc(C4CC4)[nH]c3=O)C2)c(F)c1. The van der Waals surface area contributed by atoms with Gasteiger partial charge >= 0.3 is 0 Å². The van der Waals surface area contributed by atoms with E-state index in [-0.39, 0.29) is 23.2 Å². The lowest BCUT2D eigenvalue weighted by molar-refractivity contribution is 0.233. The minimum Gasteiger partial charge on any atom is -0.310 e. The summed E-state index contributed by atoms with van der Waals surface area (Å²) in [7, 11) is 0. The molecule has 0 atom stereocenters. The number of rotatable bonds is 3. The maximum absolute atomic E-state index is 14.1. The van der Waals surface area contributed by atoms with Gasteiger partial charge in [0, 0.05) is 36.7 Å². The molecule has 0 spiro atoms. The number of nitrogens with one attached hydrogen (secondary N) is 1. The molecule has 5 nitrogen and oxygen atoms in total. The Bertz CT molecular complexity index is 920. The number of halogens is 2. The summed E-state index contributed by atoms with van der Waals surface area (Å²) in [6.07, 6.45) is 2.57. The van der Waals surface area contributed by atoms with Crippen LogP contribution in [0.4, 0.5) is 8.78 Å². The molecular weight excluding hydrogens is 326 g/mol. The van der Waals surface area contributed by atoms with Gasteiger partial charge in [-0.1, -0.05) is 0 Å². The molecule has 1 aliphatic heterocycles. The second-order valence-electron chi connectivity index (χ2n) is 6.64. The van der Waals surface area contributed by atoms with E-state index in [4.69, 9.17) is 5.26 Å². The Kier molecular flexibility index (Phi) is 3.85. The lowest BCUT2D eigenvalue weighted by Gasteiger charge is -2.28. The number of hydrogen-bond donors (Lipinski definition) is 1. The quantitative estimate of drug-likeness (QED) is 0.929. The average Bonchev–Trinajstić information content (AvgIpc) is 3.42. The van der Waals surface area contributed by atoms with E-state index in [1.54, 1.807) is 6.07 Å². The molecule has 7 heteroatoms. The molecule has 25 heavy (non-hydrogen) atoms. The van der Waals surface area contributed by atoms with Crippen LogP contribution in [0.15, 0.2) is 16.9 Å². The van der Waals surface area contributed by atoms with E-state index >= 15 is 0 Å². The summed E-state index contributed by atoms with van der Waals surface area (Å²) in [5.41, 5.74) is 1.18. The predicted molar refractivity (Wildman–Crippen MR) is 85.7 cm³/mol.